The van der Waals surface area contributed by atoms with Gasteiger partial charge in [0.2, 0.25) is 5.91 Å². The molecule has 6 nitrogen and oxygen atoms in total. The van der Waals surface area contributed by atoms with Crippen LogP contribution in [0.2, 0.25) is 0 Å². The number of carboxylic acid groups (broad SMARTS) is 2. The highest BCUT2D eigenvalue weighted by atomic mass is 32.2. The number of amides is 1. The number of hydrogen-bond acceptors (Lipinski definition) is 4. The molecule has 0 saturated heterocycles. The van der Waals surface area contributed by atoms with Crippen LogP contribution in [0.15, 0.2) is 29.2 Å². The summed E-state index contributed by atoms with van der Waals surface area (Å²) in [5, 5.41) is 19.6. The Balaban J connectivity index is 2.52. The Morgan fingerprint density at radius 1 is 1.25 bits per heavy atom. The van der Waals surface area contributed by atoms with Gasteiger partial charge in [-0.3, -0.25) is 9.59 Å². The second-order valence-electron chi connectivity index (χ2n) is 4.11. The molecular weight excluding hydrogens is 282 g/mol. The molecule has 0 aromatic heterocycles. The van der Waals surface area contributed by atoms with E-state index in [1.54, 1.807) is 0 Å². The van der Waals surface area contributed by atoms with Gasteiger partial charge in [-0.1, -0.05) is 18.2 Å². The third-order valence-corrected chi connectivity index (χ3v) is 3.64. The fraction of sp³-hybridized carbons (Fsp3) is 0.308. The number of aliphatic carboxylic acids is 2. The maximum absolute atomic E-state index is 11.6. The summed E-state index contributed by atoms with van der Waals surface area (Å²) in [6, 6.07) is 6.09. The third-order valence-electron chi connectivity index (χ3n) is 2.46. The number of carbonyl (C=O) groups excluding carboxylic acids is 1. The van der Waals surface area contributed by atoms with Crippen molar-refractivity contribution in [1.29, 1.82) is 0 Å². The first-order valence-electron chi connectivity index (χ1n) is 5.82. The highest BCUT2D eigenvalue weighted by Gasteiger charge is 2.22. The lowest BCUT2D eigenvalue weighted by Gasteiger charge is -2.12. The summed E-state index contributed by atoms with van der Waals surface area (Å²) in [7, 11) is 0. The normalized spacial score (nSPS) is 11.7. The molecule has 0 saturated carbocycles. The van der Waals surface area contributed by atoms with Crippen LogP contribution in [0.3, 0.4) is 0 Å². The van der Waals surface area contributed by atoms with Crippen LogP contribution in [-0.4, -0.2) is 39.9 Å². The molecule has 0 aliphatic rings. The summed E-state index contributed by atoms with van der Waals surface area (Å²) in [6.45, 7) is 1.91. The number of rotatable bonds is 7. The first-order valence-corrected chi connectivity index (χ1v) is 6.81. The zero-order valence-electron chi connectivity index (χ0n) is 10.8. The van der Waals surface area contributed by atoms with Crippen LogP contribution in [0.25, 0.3) is 0 Å². The highest BCUT2D eigenvalue weighted by Crippen LogP contribution is 2.21. The Hall–Kier alpha value is -2.02. The zero-order chi connectivity index (χ0) is 15.1. The third kappa shape index (κ3) is 5.31. The van der Waals surface area contributed by atoms with Gasteiger partial charge in [-0.25, -0.2) is 4.79 Å². The second kappa shape index (κ2) is 7.54. The summed E-state index contributed by atoms with van der Waals surface area (Å²) >= 11 is 1.28. The number of nitrogens with one attached hydrogen (secondary N) is 1. The van der Waals surface area contributed by atoms with Gasteiger partial charge in [0.25, 0.3) is 0 Å². The molecule has 0 spiro atoms. The summed E-state index contributed by atoms with van der Waals surface area (Å²) in [5.74, 6) is -3.10. The first-order chi connectivity index (χ1) is 9.40. The fourth-order valence-electron chi connectivity index (χ4n) is 1.47. The SMILES string of the molecule is Cc1ccccc1SCC(=O)N[C@@H](CC(=O)O)C(=O)O. The molecule has 0 fully saturated rings. The van der Waals surface area contributed by atoms with E-state index in [1.165, 1.54) is 11.8 Å². The van der Waals surface area contributed by atoms with Gasteiger partial charge in [-0.2, -0.15) is 0 Å². The maximum atomic E-state index is 11.6. The molecule has 0 aliphatic heterocycles. The van der Waals surface area contributed by atoms with Crippen molar-refractivity contribution in [3.63, 3.8) is 0 Å². The van der Waals surface area contributed by atoms with Crippen LogP contribution in [0, 0.1) is 6.92 Å². The molecule has 1 aromatic rings. The molecule has 7 heteroatoms. The van der Waals surface area contributed by atoms with E-state index >= 15 is 0 Å². The Morgan fingerprint density at radius 2 is 1.90 bits per heavy atom. The van der Waals surface area contributed by atoms with Crippen molar-refractivity contribution in [3.05, 3.63) is 29.8 Å². The molecule has 1 rings (SSSR count). The topological polar surface area (TPSA) is 104 Å². The van der Waals surface area contributed by atoms with Crippen molar-refractivity contribution in [2.24, 2.45) is 0 Å². The van der Waals surface area contributed by atoms with Crippen molar-refractivity contribution in [3.8, 4) is 0 Å². The average Bonchev–Trinajstić information content (AvgIpc) is 2.36. The Bertz CT molecular complexity index is 517. The molecule has 0 heterocycles. The van der Waals surface area contributed by atoms with Crippen LogP contribution in [-0.2, 0) is 14.4 Å². The molecule has 3 N–H and O–H groups in total. The average molecular weight is 297 g/mol. The second-order valence-corrected chi connectivity index (χ2v) is 5.13. The molecule has 1 amide bonds. The lowest BCUT2D eigenvalue weighted by atomic mass is 10.2. The number of thioether (sulfide) groups is 1. The monoisotopic (exact) mass is 297 g/mol. The summed E-state index contributed by atoms with van der Waals surface area (Å²) in [6.07, 6.45) is -0.643. The minimum absolute atomic E-state index is 0.0360. The van der Waals surface area contributed by atoms with Gasteiger partial charge < -0.3 is 15.5 Å². The van der Waals surface area contributed by atoms with Gasteiger partial charge in [-0.15, -0.1) is 11.8 Å². The van der Waals surface area contributed by atoms with E-state index in [0.717, 1.165) is 10.5 Å². The molecular formula is C13H15NO5S. The van der Waals surface area contributed by atoms with E-state index in [0.29, 0.717) is 0 Å². The van der Waals surface area contributed by atoms with Gasteiger partial charge in [0, 0.05) is 4.90 Å². The quantitative estimate of drug-likeness (QED) is 0.652. The van der Waals surface area contributed by atoms with Crippen molar-refractivity contribution < 1.29 is 24.6 Å². The van der Waals surface area contributed by atoms with E-state index in [-0.39, 0.29) is 5.75 Å². The summed E-state index contributed by atoms with van der Waals surface area (Å²) in [5.41, 5.74) is 1.02. The molecule has 1 atom stereocenters. The van der Waals surface area contributed by atoms with Gasteiger partial charge in [0.05, 0.1) is 12.2 Å². The van der Waals surface area contributed by atoms with Crippen molar-refractivity contribution >= 4 is 29.6 Å². The maximum Gasteiger partial charge on any atom is 0.326 e. The van der Waals surface area contributed by atoms with E-state index in [4.69, 9.17) is 10.2 Å². The Kier molecular flexibility index (Phi) is 6.05. The molecule has 20 heavy (non-hydrogen) atoms. The molecule has 0 unspecified atom stereocenters. The number of carboxylic acids is 2. The molecule has 0 radical (unpaired) electrons. The highest BCUT2D eigenvalue weighted by molar-refractivity contribution is 8.00. The van der Waals surface area contributed by atoms with Crippen LogP contribution in [0.5, 0.6) is 0 Å². The lowest BCUT2D eigenvalue weighted by Crippen LogP contribution is -2.43. The van der Waals surface area contributed by atoms with Gasteiger partial charge >= 0.3 is 11.9 Å². The van der Waals surface area contributed by atoms with Crippen molar-refractivity contribution in [2.75, 3.05) is 5.75 Å². The minimum atomic E-state index is -1.41. The molecule has 1 aromatic carbocycles. The number of aryl methyl sites for hydroxylation is 1. The van der Waals surface area contributed by atoms with Gasteiger partial charge in [0.15, 0.2) is 0 Å². The van der Waals surface area contributed by atoms with Gasteiger partial charge in [0.1, 0.15) is 6.04 Å². The lowest BCUT2D eigenvalue weighted by molar-refractivity contribution is -0.147. The predicted molar refractivity (Wildman–Crippen MR) is 73.7 cm³/mol. The largest absolute Gasteiger partial charge is 0.481 e. The fourth-order valence-corrected chi connectivity index (χ4v) is 2.31. The van der Waals surface area contributed by atoms with Gasteiger partial charge in [-0.05, 0) is 18.6 Å². The van der Waals surface area contributed by atoms with Crippen LogP contribution in [0.4, 0.5) is 0 Å². The standard InChI is InChI=1S/C13H15NO5S/c1-8-4-2-3-5-10(8)20-7-11(15)14-9(13(18)19)6-12(16)17/h2-5,9H,6-7H2,1H3,(H,14,15)(H,16,17)(H,18,19)/t9-/m0/s1. The van der Waals surface area contributed by atoms with Crippen molar-refractivity contribution in [2.45, 2.75) is 24.3 Å². The van der Waals surface area contributed by atoms with E-state index in [1.807, 2.05) is 31.2 Å². The van der Waals surface area contributed by atoms with E-state index < -0.39 is 30.3 Å². The first kappa shape index (κ1) is 16.0. The zero-order valence-corrected chi connectivity index (χ0v) is 11.6. The van der Waals surface area contributed by atoms with Crippen molar-refractivity contribution in [1.82, 2.24) is 5.32 Å². The summed E-state index contributed by atoms with van der Waals surface area (Å²) in [4.78, 5) is 33.9. The smallest absolute Gasteiger partial charge is 0.326 e. The molecule has 108 valence electrons. The molecule has 0 aliphatic carbocycles. The Labute approximate surface area is 120 Å². The molecule has 0 bridgehead atoms. The van der Waals surface area contributed by atoms with Crippen LogP contribution >= 0.6 is 11.8 Å². The predicted octanol–water partition coefficient (Wildman–Crippen LogP) is 1.13. The van der Waals surface area contributed by atoms with Crippen LogP contribution < -0.4 is 5.32 Å². The van der Waals surface area contributed by atoms with E-state index in [9.17, 15) is 14.4 Å². The Morgan fingerprint density at radius 3 is 2.45 bits per heavy atom. The number of benzene rings is 1. The van der Waals surface area contributed by atoms with Crippen LogP contribution in [0.1, 0.15) is 12.0 Å². The number of hydrogen-bond donors (Lipinski definition) is 3. The minimum Gasteiger partial charge on any atom is -0.481 e. The number of carbonyl (C=O) groups is 3. The summed E-state index contributed by atoms with van der Waals surface area (Å²) < 4.78 is 0. The van der Waals surface area contributed by atoms with E-state index in [2.05, 4.69) is 5.32 Å².